The van der Waals surface area contributed by atoms with Crippen LogP contribution < -0.4 is 0 Å². The molecule has 2 heterocycles. The van der Waals surface area contributed by atoms with Crippen LogP contribution in [-0.2, 0) is 42.2 Å². The second-order valence-electron chi connectivity index (χ2n) is 5.11. The molecule has 136 valence electrons. The topological polar surface area (TPSA) is 107 Å². The Hall–Kier alpha value is -2.72. The number of esters is 1. The average molecular weight is 352 g/mol. The summed E-state index contributed by atoms with van der Waals surface area (Å²) in [5.74, 6) is 0.515. The van der Waals surface area contributed by atoms with E-state index in [1.54, 1.807) is 29.4 Å². The normalized spacial score (nSPS) is 10.6. The molecule has 2 aromatic heterocycles. The molecular formula is C15H20N4O6. The van der Waals surface area contributed by atoms with Crippen LogP contribution in [0.25, 0.3) is 0 Å². The SMILES string of the molecule is Cc1nccn1CCC(=O)OCOOOC(=O)CCn1ccnc1C. The summed E-state index contributed by atoms with van der Waals surface area (Å²) < 4.78 is 8.39. The number of imidazole rings is 2. The number of ether oxygens (including phenoxy) is 1. The monoisotopic (exact) mass is 352 g/mol. The molecule has 0 N–H and O–H groups in total. The number of aromatic nitrogens is 4. The molecule has 0 spiro atoms. The first-order chi connectivity index (χ1) is 12.1. The summed E-state index contributed by atoms with van der Waals surface area (Å²) in [6.45, 7) is 4.05. The fourth-order valence-corrected chi connectivity index (χ4v) is 1.99. The van der Waals surface area contributed by atoms with E-state index in [1.807, 2.05) is 18.4 Å². The quantitative estimate of drug-likeness (QED) is 0.206. The van der Waals surface area contributed by atoms with Gasteiger partial charge in [-0.2, -0.15) is 4.89 Å². The van der Waals surface area contributed by atoms with E-state index in [2.05, 4.69) is 24.8 Å². The van der Waals surface area contributed by atoms with Crippen LogP contribution in [0.1, 0.15) is 24.5 Å². The molecule has 0 amide bonds. The molecule has 2 aromatic rings. The summed E-state index contributed by atoms with van der Waals surface area (Å²) in [5, 5.41) is 4.25. The van der Waals surface area contributed by atoms with Gasteiger partial charge >= 0.3 is 11.9 Å². The van der Waals surface area contributed by atoms with Gasteiger partial charge in [-0.15, -0.1) is 0 Å². The van der Waals surface area contributed by atoms with E-state index in [0.29, 0.717) is 13.1 Å². The highest BCUT2D eigenvalue weighted by molar-refractivity contribution is 5.69. The Morgan fingerprint density at radius 3 is 2.04 bits per heavy atom. The molecule has 0 aliphatic carbocycles. The lowest BCUT2D eigenvalue weighted by molar-refractivity contribution is -0.500. The summed E-state index contributed by atoms with van der Waals surface area (Å²) in [7, 11) is 0. The van der Waals surface area contributed by atoms with Crippen molar-refractivity contribution in [3.8, 4) is 0 Å². The van der Waals surface area contributed by atoms with Crippen LogP contribution in [0.15, 0.2) is 24.8 Å². The van der Waals surface area contributed by atoms with E-state index in [-0.39, 0.29) is 12.8 Å². The molecule has 0 aromatic carbocycles. The van der Waals surface area contributed by atoms with E-state index >= 15 is 0 Å². The summed E-state index contributed by atoms with van der Waals surface area (Å²) >= 11 is 0. The highest BCUT2D eigenvalue weighted by atomic mass is 17.5. The fraction of sp³-hybridized carbons (Fsp3) is 0.467. The van der Waals surface area contributed by atoms with Crippen molar-refractivity contribution < 1.29 is 29.1 Å². The molecule has 0 atom stereocenters. The number of hydrogen-bond acceptors (Lipinski definition) is 8. The first-order valence-electron chi connectivity index (χ1n) is 7.66. The number of hydrogen-bond donors (Lipinski definition) is 0. The Kier molecular flexibility index (Phi) is 7.11. The Morgan fingerprint density at radius 2 is 1.52 bits per heavy atom. The van der Waals surface area contributed by atoms with Crippen molar-refractivity contribution in [3.63, 3.8) is 0 Å². The average Bonchev–Trinajstić information content (AvgIpc) is 3.18. The second kappa shape index (κ2) is 9.55. The van der Waals surface area contributed by atoms with Crippen LogP contribution in [0.5, 0.6) is 0 Å². The molecule has 0 aliphatic rings. The standard InChI is InChI=1S/C15H20N4O6/c1-12-16-5-9-18(12)7-3-14(20)22-11-23-25-24-15(21)4-8-19-10-6-17-13(19)2/h5-6,9-10H,3-4,7-8,11H2,1-2H3. The van der Waals surface area contributed by atoms with Gasteiger partial charge in [-0.05, 0) is 18.9 Å². The number of nitrogens with zero attached hydrogens (tertiary/aromatic N) is 4. The lowest BCUT2D eigenvalue weighted by atomic mass is 10.4. The van der Waals surface area contributed by atoms with Crippen molar-refractivity contribution in [1.82, 2.24) is 19.1 Å². The molecule has 0 saturated carbocycles. The Labute approximate surface area is 144 Å². The summed E-state index contributed by atoms with van der Waals surface area (Å²) in [6, 6.07) is 0. The summed E-state index contributed by atoms with van der Waals surface area (Å²) in [5.41, 5.74) is 0. The van der Waals surface area contributed by atoms with Crippen molar-refractivity contribution in [3.05, 3.63) is 36.4 Å². The molecule has 25 heavy (non-hydrogen) atoms. The lowest BCUT2D eigenvalue weighted by Crippen LogP contribution is -2.14. The lowest BCUT2D eigenvalue weighted by Gasteiger charge is -2.06. The van der Waals surface area contributed by atoms with Crippen LogP contribution in [0.2, 0.25) is 0 Å². The first kappa shape index (κ1) is 18.6. The molecule has 0 aliphatic heterocycles. The van der Waals surface area contributed by atoms with Crippen molar-refractivity contribution in [2.75, 3.05) is 6.79 Å². The molecule has 0 bridgehead atoms. The van der Waals surface area contributed by atoms with Crippen molar-refractivity contribution in [2.24, 2.45) is 0 Å². The van der Waals surface area contributed by atoms with Crippen LogP contribution >= 0.6 is 0 Å². The van der Waals surface area contributed by atoms with Crippen molar-refractivity contribution in [2.45, 2.75) is 39.8 Å². The third kappa shape index (κ3) is 6.36. The van der Waals surface area contributed by atoms with Gasteiger partial charge in [-0.1, -0.05) is 0 Å². The van der Waals surface area contributed by atoms with Gasteiger partial charge < -0.3 is 13.9 Å². The van der Waals surface area contributed by atoms with Crippen LogP contribution in [0.4, 0.5) is 0 Å². The number of carbonyl (C=O) groups is 2. The fourth-order valence-electron chi connectivity index (χ4n) is 1.99. The minimum Gasteiger partial charge on any atom is -0.435 e. The molecule has 10 heteroatoms. The zero-order chi connectivity index (χ0) is 18.1. The molecule has 10 nitrogen and oxygen atoms in total. The van der Waals surface area contributed by atoms with E-state index in [1.165, 1.54) is 0 Å². The van der Waals surface area contributed by atoms with Crippen LogP contribution in [-0.4, -0.2) is 37.8 Å². The zero-order valence-electron chi connectivity index (χ0n) is 14.1. The second-order valence-corrected chi connectivity index (χ2v) is 5.11. The van der Waals surface area contributed by atoms with Gasteiger partial charge in [0.25, 0.3) is 0 Å². The summed E-state index contributed by atoms with van der Waals surface area (Å²) in [4.78, 5) is 39.9. The Morgan fingerprint density at radius 1 is 0.960 bits per heavy atom. The minimum absolute atomic E-state index is 0.0879. The maximum Gasteiger partial charge on any atom is 0.347 e. The van der Waals surface area contributed by atoms with Gasteiger partial charge in [0.15, 0.2) is 0 Å². The van der Waals surface area contributed by atoms with E-state index in [0.717, 1.165) is 11.6 Å². The number of rotatable bonds is 10. The maximum atomic E-state index is 11.5. The van der Waals surface area contributed by atoms with Crippen LogP contribution in [0, 0.1) is 13.8 Å². The highest BCUT2D eigenvalue weighted by Gasteiger charge is 2.08. The Bertz CT molecular complexity index is 638. The molecule has 0 fully saturated rings. The predicted octanol–water partition coefficient (Wildman–Crippen LogP) is 1.08. The smallest absolute Gasteiger partial charge is 0.347 e. The largest absolute Gasteiger partial charge is 0.435 e. The highest BCUT2D eigenvalue weighted by Crippen LogP contribution is 2.00. The molecular weight excluding hydrogens is 332 g/mol. The third-order valence-electron chi connectivity index (χ3n) is 3.40. The van der Waals surface area contributed by atoms with Gasteiger partial charge in [0, 0.05) is 37.9 Å². The van der Waals surface area contributed by atoms with Crippen LogP contribution in [0.3, 0.4) is 0 Å². The van der Waals surface area contributed by atoms with Crippen molar-refractivity contribution in [1.29, 1.82) is 0 Å². The van der Waals surface area contributed by atoms with Gasteiger partial charge in [-0.25, -0.2) is 14.8 Å². The van der Waals surface area contributed by atoms with Gasteiger partial charge in [0.2, 0.25) is 6.79 Å². The predicted molar refractivity (Wildman–Crippen MR) is 82.4 cm³/mol. The molecule has 0 radical (unpaired) electrons. The van der Waals surface area contributed by atoms with Gasteiger partial charge in [0.05, 0.1) is 12.8 Å². The zero-order valence-corrected chi connectivity index (χ0v) is 14.1. The summed E-state index contributed by atoms with van der Waals surface area (Å²) in [6.07, 6.45) is 7.07. The first-order valence-corrected chi connectivity index (χ1v) is 7.66. The van der Waals surface area contributed by atoms with E-state index in [9.17, 15) is 9.59 Å². The third-order valence-corrected chi connectivity index (χ3v) is 3.40. The molecule has 0 saturated heterocycles. The maximum absolute atomic E-state index is 11.5. The molecule has 2 rings (SSSR count). The van der Waals surface area contributed by atoms with Gasteiger partial charge in [-0.3, -0.25) is 9.68 Å². The Balaban J connectivity index is 1.49. The molecule has 0 unspecified atom stereocenters. The van der Waals surface area contributed by atoms with Crippen molar-refractivity contribution >= 4 is 11.9 Å². The van der Waals surface area contributed by atoms with E-state index in [4.69, 9.17) is 4.74 Å². The number of aryl methyl sites for hydroxylation is 4. The van der Waals surface area contributed by atoms with E-state index < -0.39 is 18.7 Å². The minimum atomic E-state index is -0.616. The number of carbonyl (C=O) groups excluding carboxylic acids is 2. The van der Waals surface area contributed by atoms with Gasteiger partial charge in [0.1, 0.15) is 11.6 Å².